The summed E-state index contributed by atoms with van der Waals surface area (Å²) in [5.74, 6) is 0. The lowest BCUT2D eigenvalue weighted by atomic mass is 10.2. The van der Waals surface area contributed by atoms with Crippen LogP contribution in [-0.4, -0.2) is 27.4 Å². The van der Waals surface area contributed by atoms with Gasteiger partial charge in [-0.3, -0.25) is 4.18 Å². The summed E-state index contributed by atoms with van der Waals surface area (Å²) in [6.45, 7) is 2.88. The molecular weight excluding hydrogens is 272 g/mol. The fourth-order valence-electron chi connectivity index (χ4n) is 1.52. The Balaban J connectivity index is 2.35. The van der Waals surface area contributed by atoms with E-state index in [-0.39, 0.29) is 6.10 Å². The SMILES string of the molecule is CCCC[C@H](COCc1cccs1)OS(C)(=O)=O. The average molecular weight is 292 g/mol. The molecule has 0 aliphatic heterocycles. The molecule has 0 amide bonds. The Hall–Kier alpha value is -0.430. The summed E-state index contributed by atoms with van der Waals surface area (Å²) in [4.78, 5) is 1.13. The zero-order valence-electron chi connectivity index (χ0n) is 10.8. The molecule has 4 nitrogen and oxygen atoms in total. The van der Waals surface area contributed by atoms with Crippen molar-refractivity contribution in [2.75, 3.05) is 12.9 Å². The van der Waals surface area contributed by atoms with Crippen LogP contribution >= 0.6 is 11.3 Å². The van der Waals surface area contributed by atoms with Crippen LogP contribution in [0.5, 0.6) is 0 Å². The second-order valence-corrected chi connectivity index (χ2v) is 6.79. The van der Waals surface area contributed by atoms with Crippen molar-refractivity contribution in [3.63, 3.8) is 0 Å². The smallest absolute Gasteiger partial charge is 0.264 e. The van der Waals surface area contributed by atoms with E-state index < -0.39 is 10.1 Å². The van der Waals surface area contributed by atoms with Crippen LogP contribution in [0.15, 0.2) is 17.5 Å². The van der Waals surface area contributed by atoms with Crippen LogP contribution in [0.4, 0.5) is 0 Å². The van der Waals surface area contributed by atoms with Crippen LogP contribution in [0.2, 0.25) is 0 Å². The lowest BCUT2D eigenvalue weighted by Gasteiger charge is -2.15. The van der Waals surface area contributed by atoms with Gasteiger partial charge in [0.2, 0.25) is 0 Å². The Morgan fingerprint density at radius 1 is 1.44 bits per heavy atom. The second kappa shape index (κ2) is 7.89. The summed E-state index contributed by atoms with van der Waals surface area (Å²) in [7, 11) is -3.42. The lowest BCUT2D eigenvalue weighted by molar-refractivity contribution is 0.0410. The van der Waals surface area contributed by atoms with Gasteiger partial charge < -0.3 is 4.74 Å². The maximum atomic E-state index is 11.1. The standard InChI is InChI=1S/C12H20O4S2/c1-3-4-6-11(16-18(2,13)14)9-15-10-12-7-5-8-17-12/h5,7-8,11H,3-4,6,9-10H2,1-2H3/t11-/m1/s1. The highest BCUT2D eigenvalue weighted by atomic mass is 32.2. The number of hydrogen-bond donors (Lipinski definition) is 0. The predicted octanol–water partition coefficient (Wildman–Crippen LogP) is 2.80. The largest absolute Gasteiger partial charge is 0.373 e. The zero-order valence-corrected chi connectivity index (χ0v) is 12.4. The predicted molar refractivity (Wildman–Crippen MR) is 73.2 cm³/mol. The molecule has 0 unspecified atom stereocenters. The van der Waals surface area contributed by atoms with Crippen molar-refractivity contribution in [1.29, 1.82) is 0 Å². The summed E-state index contributed by atoms with van der Waals surface area (Å²) in [5, 5.41) is 1.99. The van der Waals surface area contributed by atoms with Crippen LogP contribution in [0, 0.1) is 0 Å². The topological polar surface area (TPSA) is 52.6 Å². The van der Waals surface area contributed by atoms with E-state index in [1.165, 1.54) is 0 Å². The molecule has 18 heavy (non-hydrogen) atoms. The van der Waals surface area contributed by atoms with Crippen molar-refractivity contribution in [2.24, 2.45) is 0 Å². The molecule has 0 bridgehead atoms. The van der Waals surface area contributed by atoms with E-state index in [4.69, 9.17) is 8.92 Å². The van der Waals surface area contributed by atoms with Gasteiger partial charge in [0.25, 0.3) is 10.1 Å². The van der Waals surface area contributed by atoms with E-state index in [0.29, 0.717) is 19.6 Å². The quantitative estimate of drug-likeness (QED) is 0.657. The van der Waals surface area contributed by atoms with Gasteiger partial charge in [-0.2, -0.15) is 8.42 Å². The minimum atomic E-state index is -3.42. The first kappa shape index (κ1) is 15.6. The molecule has 0 aliphatic rings. The molecule has 0 radical (unpaired) electrons. The van der Waals surface area contributed by atoms with Gasteiger partial charge in [-0.25, -0.2) is 0 Å². The summed E-state index contributed by atoms with van der Waals surface area (Å²) in [6, 6.07) is 3.95. The van der Waals surface area contributed by atoms with Gasteiger partial charge in [0.05, 0.1) is 19.5 Å². The first-order valence-corrected chi connectivity index (χ1v) is 8.69. The summed E-state index contributed by atoms with van der Waals surface area (Å²) in [5.41, 5.74) is 0. The zero-order chi connectivity index (χ0) is 13.4. The monoisotopic (exact) mass is 292 g/mol. The van der Waals surface area contributed by atoms with Gasteiger partial charge in [0.1, 0.15) is 6.10 Å². The Morgan fingerprint density at radius 3 is 2.78 bits per heavy atom. The Bertz CT molecular complexity index is 411. The minimum Gasteiger partial charge on any atom is -0.373 e. The molecular formula is C12H20O4S2. The van der Waals surface area contributed by atoms with Crippen molar-refractivity contribution >= 4 is 21.5 Å². The van der Waals surface area contributed by atoms with Crippen molar-refractivity contribution in [1.82, 2.24) is 0 Å². The van der Waals surface area contributed by atoms with Crippen LogP contribution in [0.1, 0.15) is 31.1 Å². The van der Waals surface area contributed by atoms with Gasteiger partial charge >= 0.3 is 0 Å². The highest BCUT2D eigenvalue weighted by Crippen LogP contribution is 2.12. The van der Waals surface area contributed by atoms with E-state index >= 15 is 0 Å². The molecule has 0 aromatic carbocycles. The van der Waals surface area contributed by atoms with E-state index in [9.17, 15) is 8.42 Å². The normalized spacial score (nSPS) is 13.7. The second-order valence-electron chi connectivity index (χ2n) is 4.16. The first-order chi connectivity index (χ1) is 8.51. The Kier molecular flexibility index (Phi) is 6.85. The van der Waals surface area contributed by atoms with Gasteiger partial charge in [-0.05, 0) is 17.9 Å². The Labute approximate surface area is 113 Å². The number of ether oxygens (including phenoxy) is 1. The number of unbranched alkanes of at least 4 members (excludes halogenated alkanes) is 1. The van der Waals surface area contributed by atoms with E-state index in [0.717, 1.165) is 24.0 Å². The van der Waals surface area contributed by atoms with Crippen LogP contribution in [0.25, 0.3) is 0 Å². The summed E-state index contributed by atoms with van der Waals surface area (Å²) >= 11 is 1.62. The molecule has 0 saturated heterocycles. The summed E-state index contributed by atoms with van der Waals surface area (Å²) < 4.78 is 32.8. The van der Waals surface area contributed by atoms with Crippen LogP contribution in [-0.2, 0) is 25.6 Å². The number of rotatable bonds is 9. The van der Waals surface area contributed by atoms with Crippen LogP contribution in [0.3, 0.4) is 0 Å². The van der Waals surface area contributed by atoms with E-state index in [1.807, 2.05) is 17.5 Å². The van der Waals surface area contributed by atoms with Gasteiger partial charge in [0, 0.05) is 4.88 Å². The minimum absolute atomic E-state index is 0.310. The van der Waals surface area contributed by atoms with Crippen LogP contribution < -0.4 is 0 Å². The molecule has 104 valence electrons. The molecule has 6 heteroatoms. The molecule has 1 atom stereocenters. The van der Waals surface area contributed by atoms with Gasteiger partial charge in [0.15, 0.2) is 0 Å². The molecule has 1 aromatic rings. The third-order valence-electron chi connectivity index (χ3n) is 2.32. The molecule has 1 rings (SSSR count). The van der Waals surface area contributed by atoms with E-state index in [1.54, 1.807) is 11.3 Å². The summed E-state index contributed by atoms with van der Waals surface area (Å²) in [6.07, 6.45) is 3.34. The fourth-order valence-corrected chi connectivity index (χ4v) is 2.81. The Morgan fingerprint density at radius 2 is 2.22 bits per heavy atom. The third kappa shape index (κ3) is 7.10. The lowest BCUT2D eigenvalue weighted by Crippen LogP contribution is -2.23. The molecule has 0 aliphatic carbocycles. The fraction of sp³-hybridized carbons (Fsp3) is 0.667. The van der Waals surface area contributed by atoms with Gasteiger partial charge in [-0.1, -0.05) is 25.8 Å². The number of hydrogen-bond acceptors (Lipinski definition) is 5. The van der Waals surface area contributed by atoms with Crippen molar-refractivity contribution in [2.45, 2.75) is 38.9 Å². The molecule has 1 aromatic heterocycles. The molecule has 0 N–H and O–H groups in total. The van der Waals surface area contributed by atoms with Gasteiger partial charge in [-0.15, -0.1) is 11.3 Å². The third-order valence-corrected chi connectivity index (χ3v) is 3.79. The van der Waals surface area contributed by atoms with Crippen molar-refractivity contribution in [3.8, 4) is 0 Å². The van der Waals surface area contributed by atoms with Crippen molar-refractivity contribution in [3.05, 3.63) is 22.4 Å². The number of thiophene rings is 1. The molecule has 0 fully saturated rings. The first-order valence-electron chi connectivity index (χ1n) is 5.99. The average Bonchev–Trinajstić information content (AvgIpc) is 2.76. The highest BCUT2D eigenvalue weighted by molar-refractivity contribution is 7.86. The van der Waals surface area contributed by atoms with E-state index in [2.05, 4.69) is 6.92 Å². The highest BCUT2D eigenvalue weighted by Gasteiger charge is 2.15. The molecule has 1 heterocycles. The molecule has 0 spiro atoms. The maximum absolute atomic E-state index is 11.1. The maximum Gasteiger partial charge on any atom is 0.264 e. The van der Waals surface area contributed by atoms with Crippen molar-refractivity contribution < 1.29 is 17.3 Å². The molecule has 0 saturated carbocycles.